The number of carboxylic acid groups (broad SMARTS) is 1. The number of ether oxygens (including phenoxy) is 1. The molecule has 15 heteroatoms. The van der Waals surface area contributed by atoms with Crippen molar-refractivity contribution in [2.45, 2.75) is 96.6 Å². The maximum atomic E-state index is 14.4. The molecule has 1 fully saturated rings. The van der Waals surface area contributed by atoms with Crippen LogP contribution < -0.4 is 26.0 Å². The average Bonchev–Trinajstić information content (AvgIpc) is 3.84. The van der Waals surface area contributed by atoms with Crippen molar-refractivity contribution < 1.29 is 33.8 Å². The van der Waals surface area contributed by atoms with E-state index in [-0.39, 0.29) is 37.6 Å². The topological polar surface area (TPSA) is 197 Å². The maximum absolute atomic E-state index is 14.4. The highest BCUT2D eigenvalue weighted by Gasteiger charge is 2.45. The highest BCUT2D eigenvalue weighted by atomic mass is 16.5. The van der Waals surface area contributed by atoms with Gasteiger partial charge < -0.3 is 36.0 Å². The Morgan fingerprint density at radius 1 is 0.945 bits per heavy atom. The second-order valence-corrected chi connectivity index (χ2v) is 14.3. The number of hydrogen-bond acceptors (Lipinski definition) is 9. The number of likely N-dealkylation sites (tertiary alicyclic amines) is 1. The van der Waals surface area contributed by atoms with Crippen molar-refractivity contribution in [1.29, 1.82) is 0 Å². The van der Waals surface area contributed by atoms with Gasteiger partial charge in [0.15, 0.2) is 0 Å². The maximum Gasteiger partial charge on any atom is 0.326 e. The van der Waals surface area contributed by atoms with Crippen LogP contribution in [0.4, 0.5) is 0 Å². The zero-order valence-corrected chi connectivity index (χ0v) is 32.5. The molecule has 55 heavy (non-hydrogen) atoms. The van der Waals surface area contributed by atoms with Crippen LogP contribution in [0.15, 0.2) is 67.4 Å². The highest BCUT2D eigenvalue weighted by Crippen LogP contribution is 2.29. The van der Waals surface area contributed by atoms with E-state index in [9.17, 15) is 29.1 Å². The van der Waals surface area contributed by atoms with Crippen LogP contribution >= 0.6 is 0 Å². The van der Waals surface area contributed by atoms with Gasteiger partial charge in [-0.3, -0.25) is 19.2 Å². The molecule has 0 bridgehead atoms. The normalized spacial score (nSPS) is 17.5. The largest absolute Gasteiger partial charge is 0.490 e. The van der Waals surface area contributed by atoms with Crippen LogP contribution in [0, 0.1) is 12.8 Å². The molecule has 6 atom stereocenters. The third-order valence-electron chi connectivity index (χ3n) is 9.75. The smallest absolute Gasteiger partial charge is 0.326 e. The molecule has 1 aliphatic rings. The van der Waals surface area contributed by atoms with E-state index in [4.69, 9.17) is 4.74 Å². The van der Waals surface area contributed by atoms with E-state index >= 15 is 0 Å². The zero-order chi connectivity index (χ0) is 40.2. The van der Waals surface area contributed by atoms with Gasteiger partial charge in [0.05, 0.1) is 17.8 Å². The molecular weight excluding hydrogens is 704 g/mol. The van der Waals surface area contributed by atoms with Gasteiger partial charge in [0.1, 0.15) is 36.5 Å². The van der Waals surface area contributed by atoms with E-state index < -0.39 is 59.9 Å². The van der Waals surface area contributed by atoms with Crippen LogP contribution in [0.5, 0.6) is 5.75 Å². The predicted octanol–water partition coefficient (Wildman–Crippen LogP) is 2.14. The molecule has 296 valence electrons. The molecule has 1 aromatic heterocycles. The van der Waals surface area contributed by atoms with Crippen LogP contribution in [0.2, 0.25) is 0 Å². The van der Waals surface area contributed by atoms with Crippen molar-refractivity contribution in [2.24, 2.45) is 5.92 Å². The van der Waals surface area contributed by atoms with Gasteiger partial charge in [-0.15, -0.1) is 5.10 Å². The fraction of sp³-hybridized carbons (Fsp3) is 0.475. The van der Waals surface area contributed by atoms with Crippen molar-refractivity contribution in [3.8, 4) is 5.75 Å². The summed E-state index contributed by atoms with van der Waals surface area (Å²) in [6.45, 7) is 13.2. The van der Waals surface area contributed by atoms with E-state index in [0.29, 0.717) is 24.3 Å². The zero-order valence-electron chi connectivity index (χ0n) is 32.5. The van der Waals surface area contributed by atoms with E-state index in [1.165, 1.54) is 4.90 Å². The predicted molar refractivity (Wildman–Crippen MR) is 206 cm³/mol. The van der Waals surface area contributed by atoms with Crippen LogP contribution in [0.1, 0.15) is 62.5 Å². The second kappa shape index (κ2) is 19.7. The van der Waals surface area contributed by atoms with Gasteiger partial charge in [0.2, 0.25) is 23.6 Å². The van der Waals surface area contributed by atoms with Gasteiger partial charge in [-0.05, 0) is 56.5 Å². The Kier molecular flexibility index (Phi) is 15.1. The van der Waals surface area contributed by atoms with E-state index in [2.05, 4.69) is 38.2 Å². The summed E-state index contributed by atoms with van der Waals surface area (Å²) in [5.74, 6) is -3.10. The van der Waals surface area contributed by atoms with Crippen molar-refractivity contribution in [3.63, 3.8) is 0 Å². The van der Waals surface area contributed by atoms with Crippen LogP contribution in [-0.4, -0.2) is 105 Å². The van der Waals surface area contributed by atoms with E-state index in [1.807, 2.05) is 39.8 Å². The first-order valence-electron chi connectivity index (χ1n) is 18.6. The molecule has 1 saturated heterocycles. The lowest BCUT2D eigenvalue weighted by molar-refractivity contribution is -0.144. The number of likely N-dealkylation sites (N-methyl/N-ethyl adjacent to an activating group) is 1. The fourth-order valence-corrected chi connectivity index (χ4v) is 6.28. The Balaban J connectivity index is 1.65. The Morgan fingerprint density at radius 2 is 1.58 bits per heavy atom. The Morgan fingerprint density at radius 3 is 2.15 bits per heavy atom. The van der Waals surface area contributed by atoms with Gasteiger partial charge in [-0.2, -0.15) is 0 Å². The molecule has 3 aromatic rings. The van der Waals surface area contributed by atoms with Gasteiger partial charge in [0, 0.05) is 32.0 Å². The first-order valence-corrected chi connectivity index (χ1v) is 18.6. The monoisotopic (exact) mass is 758 g/mol. The SMILES string of the molecule is C=CCOc1ccc(C[C@H](NC(=O)[C@@H]2C[C@H](n3cc(CC)nn3)CN2C(=O)[C@@H](NC(=O)[C@H](C)NC)C(C)C)C(=O)N[C@@H](Cc2ccc(C)cc2)C(=O)O)cc1. The number of aryl methyl sites for hydroxylation is 2. The van der Waals surface area contributed by atoms with Crippen molar-refractivity contribution in [1.82, 2.24) is 41.2 Å². The third-order valence-corrected chi connectivity index (χ3v) is 9.75. The van der Waals surface area contributed by atoms with Gasteiger partial charge >= 0.3 is 5.97 Å². The second-order valence-electron chi connectivity index (χ2n) is 14.3. The molecule has 0 saturated carbocycles. The molecule has 2 aromatic carbocycles. The standard InChI is InChI=1S/C40H54N8O7/c1-8-18-55-31-16-14-28(15-17-31)19-32(37(50)43-33(40(53)54)20-27-12-10-25(5)11-13-27)42-38(51)34-21-30(48-22-29(9-2)45-46-48)23-47(34)39(52)35(24(3)4)44-36(49)26(6)41-7/h8,10-17,22,24,26,30,32-35,41H,1,9,18-21,23H2,2-7H3,(H,42,51)(H,43,50)(H,44,49)(H,53,54)/t26-,30-,32-,33-,34-,35-/m0/s1. The van der Waals surface area contributed by atoms with Gasteiger partial charge in [-0.1, -0.05) is 80.6 Å². The molecule has 4 rings (SSSR count). The molecule has 2 heterocycles. The number of amides is 4. The van der Waals surface area contributed by atoms with Crippen LogP contribution in [-0.2, 0) is 43.2 Å². The number of carbonyl (C=O) groups excluding carboxylic acids is 4. The number of hydrogen-bond donors (Lipinski definition) is 5. The molecule has 0 aliphatic carbocycles. The summed E-state index contributed by atoms with van der Waals surface area (Å²) in [5, 5.41) is 29.8. The summed E-state index contributed by atoms with van der Waals surface area (Å²) >= 11 is 0. The number of carbonyl (C=O) groups is 5. The Hall–Kier alpha value is -5.57. The molecule has 4 amide bonds. The van der Waals surface area contributed by atoms with Crippen LogP contribution in [0.3, 0.4) is 0 Å². The summed E-state index contributed by atoms with van der Waals surface area (Å²) in [7, 11) is 1.64. The van der Waals surface area contributed by atoms with Crippen LogP contribution in [0.25, 0.3) is 0 Å². The minimum atomic E-state index is -1.28. The molecule has 5 N–H and O–H groups in total. The Labute approximate surface area is 322 Å². The first-order chi connectivity index (χ1) is 26.2. The molecule has 0 unspecified atom stereocenters. The minimum absolute atomic E-state index is 0.00972. The lowest BCUT2D eigenvalue weighted by Crippen LogP contribution is -2.59. The number of aromatic nitrogens is 3. The molecule has 0 spiro atoms. The number of carboxylic acids is 1. The molecule has 15 nitrogen and oxygen atoms in total. The number of nitrogens with one attached hydrogen (secondary N) is 4. The number of benzene rings is 2. The number of nitrogens with zero attached hydrogens (tertiary/aromatic N) is 4. The van der Waals surface area contributed by atoms with Crippen molar-refractivity contribution in [3.05, 3.63) is 89.8 Å². The third kappa shape index (κ3) is 11.5. The quantitative estimate of drug-likeness (QED) is 0.113. The summed E-state index contributed by atoms with van der Waals surface area (Å²) in [6.07, 6.45) is 4.23. The first kappa shape index (κ1) is 42.2. The van der Waals surface area contributed by atoms with Gasteiger partial charge in [0.25, 0.3) is 0 Å². The highest BCUT2D eigenvalue weighted by molar-refractivity contribution is 5.96. The lowest BCUT2D eigenvalue weighted by Gasteiger charge is -2.32. The summed E-state index contributed by atoms with van der Waals surface area (Å²) in [4.78, 5) is 69.5. The number of rotatable bonds is 19. The lowest BCUT2D eigenvalue weighted by atomic mass is 10.0. The summed E-state index contributed by atoms with van der Waals surface area (Å²) in [6, 6.07) is 8.81. The van der Waals surface area contributed by atoms with E-state index in [1.54, 1.807) is 67.3 Å². The molecule has 1 aliphatic heterocycles. The minimum Gasteiger partial charge on any atom is -0.490 e. The fourth-order valence-electron chi connectivity index (χ4n) is 6.28. The summed E-state index contributed by atoms with van der Waals surface area (Å²) in [5.41, 5.74) is 3.14. The summed E-state index contributed by atoms with van der Waals surface area (Å²) < 4.78 is 7.24. The van der Waals surface area contributed by atoms with Crippen molar-refractivity contribution in [2.75, 3.05) is 20.2 Å². The van der Waals surface area contributed by atoms with E-state index in [0.717, 1.165) is 16.8 Å². The van der Waals surface area contributed by atoms with Gasteiger partial charge in [-0.25, -0.2) is 9.48 Å². The van der Waals surface area contributed by atoms with Crippen molar-refractivity contribution >= 4 is 29.6 Å². The number of aliphatic carboxylic acids is 1. The molecular formula is C40H54N8O7. The Bertz CT molecular complexity index is 1790. The average molecular weight is 759 g/mol. The molecule has 0 radical (unpaired) electrons.